The Morgan fingerprint density at radius 2 is 1.59 bits per heavy atom. The molecular formula is C21H17F2N3O3. The number of hydrogen-bond acceptors (Lipinski definition) is 3. The molecule has 3 aromatic rings. The molecule has 29 heavy (non-hydrogen) atoms. The summed E-state index contributed by atoms with van der Waals surface area (Å²) in [6.07, 6.45) is 1.59. The Labute approximate surface area is 164 Å². The fourth-order valence-corrected chi connectivity index (χ4v) is 2.61. The summed E-state index contributed by atoms with van der Waals surface area (Å²) in [5.41, 5.74) is 1.40. The molecule has 1 heterocycles. The lowest BCUT2D eigenvalue weighted by atomic mass is 10.2. The minimum atomic E-state index is -1.06. The number of anilines is 2. The number of carbonyl (C=O) groups excluding carboxylic acids is 2. The molecule has 1 aromatic heterocycles. The number of amides is 2. The van der Waals surface area contributed by atoms with Crippen LogP contribution in [0.15, 0.2) is 65.6 Å². The van der Waals surface area contributed by atoms with Crippen LogP contribution in [0, 0.1) is 18.6 Å². The second kappa shape index (κ2) is 8.47. The predicted octanol–water partition coefficient (Wildman–Crippen LogP) is 3.33. The number of nitrogens with one attached hydrogen (secondary N) is 2. The third-order valence-electron chi connectivity index (χ3n) is 4.05. The molecule has 3 rings (SSSR count). The summed E-state index contributed by atoms with van der Waals surface area (Å²) < 4.78 is 27.5. The Hall–Kier alpha value is -3.81. The second-order valence-corrected chi connectivity index (χ2v) is 6.38. The van der Waals surface area contributed by atoms with Gasteiger partial charge in [-0.15, -0.1) is 0 Å². The zero-order valence-corrected chi connectivity index (χ0v) is 15.4. The fraction of sp³-hybridized carbons (Fsp3) is 0.0952. The van der Waals surface area contributed by atoms with E-state index in [1.807, 2.05) is 6.92 Å². The van der Waals surface area contributed by atoms with Gasteiger partial charge in [0.1, 0.15) is 6.54 Å². The van der Waals surface area contributed by atoms with E-state index in [2.05, 4.69) is 10.6 Å². The van der Waals surface area contributed by atoms with E-state index in [0.717, 1.165) is 17.7 Å². The van der Waals surface area contributed by atoms with Crippen molar-refractivity contribution in [2.75, 3.05) is 10.6 Å². The first kappa shape index (κ1) is 19.9. The number of benzene rings is 2. The van der Waals surface area contributed by atoms with Crippen molar-refractivity contribution in [2.45, 2.75) is 13.5 Å². The number of rotatable bonds is 5. The maximum atomic E-state index is 13.2. The van der Waals surface area contributed by atoms with E-state index in [1.54, 1.807) is 12.3 Å². The molecule has 0 saturated heterocycles. The summed E-state index contributed by atoms with van der Waals surface area (Å²) in [6.45, 7) is 1.68. The van der Waals surface area contributed by atoms with E-state index in [1.165, 1.54) is 41.0 Å². The largest absolute Gasteiger partial charge is 0.325 e. The van der Waals surface area contributed by atoms with Crippen LogP contribution < -0.4 is 16.2 Å². The molecule has 0 aliphatic carbocycles. The minimum absolute atomic E-state index is 0.120. The number of hydrogen-bond donors (Lipinski definition) is 2. The number of pyridine rings is 1. The topological polar surface area (TPSA) is 80.2 Å². The summed E-state index contributed by atoms with van der Waals surface area (Å²) in [6, 6.07) is 12.1. The molecule has 0 aliphatic heterocycles. The molecule has 2 amide bonds. The van der Waals surface area contributed by atoms with E-state index in [-0.39, 0.29) is 23.4 Å². The third-order valence-corrected chi connectivity index (χ3v) is 4.05. The molecule has 148 valence electrons. The Morgan fingerprint density at radius 3 is 2.28 bits per heavy atom. The van der Waals surface area contributed by atoms with Crippen molar-refractivity contribution in [3.05, 3.63) is 93.9 Å². The van der Waals surface area contributed by atoms with E-state index >= 15 is 0 Å². The lowest BCUT2D eigenvalue weighted by Crippen LogP contribution is -2.26. The van der Waals surface area contributed by atoms with Crippen LogP contribution in [0.1, 0.15) is 15.9 Å². The van der Waals surface area contributed by atoms with Crippen LogP contribution in [0.25, 0.3) is 0 Å². The number of carbonyl (C=O) groups is 2. The first-order valence-electron chi connectivity index (χ1n) is 8.65. The lowest BCUT2D eigenvalue weighted by Gasteiger charge is -2.09. The monoisotopic (exact) mass is 397 g/mol. The van der Waals surface area contributed by atoms with E-state index in [0.29, 0.717) is 5.69 Å². The second-order valence-electron chi connectivity index (χ2n) is 6.38. The molecule has 0 fully saturated rings. The van der Waals surface area contributed by atoms with Gasteiger partial charge in [-0.2, -0.15) is 0 Å². The van der Waals surface area contributed by atoms with Crippen molar-refractivity contribution in [2.24, 2.45) is 0 Å². The van der Waals surface area contributed by atoms with Crippen LogP contribution in [0.5, 0.6) is 0 Å². The van der Waals surface area contributed by atoms with Gasteiger partial charge in [0.15, 0.2) is 11.6 Å². The van der Waals surface area contributed by atoms with Crippen LogP contribution in [-0.4, -0.2) is 16.4 Å². The van der Waals surface area contributed by atoms with E-state index in [4.69, 9.17) is 0 Å². The maximum Gasteiger partial charge on any atom is 0.255 e. The summed E-state index contributed by atoms with van der Waals surface area (Å²) >= 11 is 0. The van der Waals surface area contributed by atoms with Gasteiger partial charge >= 0.3 is 0 Å². The van der Waals surface area contributed by atoms with Crippen molar-refractivity contribution < 1.29 is 18.4 Å². The highest BCUT2D eigenvalue weighted by molar-refractivity contribution is 6.04. The molecule has 0 aliphatic rings. The number of aryl methyl sites for hydroxylation is 1. The molecule has 2 N–H and O–H groups in total. The van der Waals surface area contributed by atoms with Gasteiger partial charge in [-0.25, -0.2) is 8.78 Å². The zero-order valence-electron chi connectivity index (χ0n) is 15.4. The SMILES string of the molecule is Cc1ccc(=O)n(CC(=O)Nc2ccc(C(=O)Nc3ccc(F)c(F)c3)cc2)c1. The zero-order chi connectivity index (χ0) is 21.0. The lowest BCUT2D eigenvalue weighted by molar-refractivity contribution is -0.116. The van der Waals surface area contributed by atoms with Crippen molar-refractivity contribution in [1.29, 1.82) is 0 Å². The van der Waals surface area contributed by atoms with Gasteiger partial charge in [0.25, 0.3) is 11.5 Å². The molecular weight excluding hydrogens is 380 g/mol. The van der Waals surface area contributed by atoms with Gasteiger partial charge < -0.3 is 15.2 Å². The van der Waals surface area contributed by atoms with Crippen LogP contribution in [-0.2, 0) is 11.3 Å². The molecule has 6 nitrogen and oxygen atoms in total. The summed E-state index contributed by atoms with van der Waals surface area (Å²) in [5, 5.41) is 5.10. The van der Waals surface area contributed by atoms with Gasteiger partial charge in [-0.3, -0.25) is 14.4 Å². The minimum Gasteiger partial charge on any atom is -0.325 e. The smallest absolute Gasteiger partial charge is 0.255 e. The van der Waals surface area contributed by atoms with Gasteiger partial charge in [-0.05, 0) is 48.9 Å². The van der Waals surface area contributed by atoms with Gasteiger partial charge in [0.05, 0.1) is 0 Å². The summed E-state index contributed by atoms with van der Waals surface area (Å²) in [7, 11) is 0. The van der Waals surface area contributed by atoms with Crippen LogP contribution in [0.4, 0.5) is 20.2 Å². The first-order valence-corrected chi connectivity index (χ1v) is 8.65. The first-order chi connectivity index (χ1) is 13.8. The number of nitrogens with zero attached hydrogens (tertiary/aromatic N) is 1. The Morgan fingerprint density at radius 1 is 0.897 bits per heavy atom. The van der Waals surface area contributed by atoms with Crippen molar-refractivity contribution in [3.8, 4) is 0 Å². The van der Waals surface area contributed by atoms with Crippen LogP contribution >= 0.6 is 0 Å². The van der Waals surface area contributed by atoms with Crippen molar-refractivity contribution >= 4 is 23.2 Å². The Kier molecular flexibility index (Phi) is 5.82. The molecule has 0 spiro atoms. The highest BCUT2D eigenvalue weighted by Crippen LogP contribution is 2.15. The molecule has 8 heteroatoms. The van der Waals surface area contributed by atoms with Crippen molar-refractivity contribution in [1.82, 2.24) is 4.57 Å². The quantitative estimate of drug-likeness (QED) is 0.693. The predicted molar refractivity (Wildman–Crippen MR) is 105 cm³/mol. The molecule has 2 aromatic carbocycles. The normalized spacial score (nSPS) is 10.4. The van der Waals surface area contributed by atoms with E-state index < -0.39 is 23.4 Å². The van der Waals surface area contributed by atoms with Crippen LogP contribution in [0.2, 0.25) is 0 Å². The van der Waals surface area contributed by atoms with Crippen LogP contribution in [0.3, 0.4) is 0 Å². The third kappa shape index (κ3) is 5.13. The van der Waals surface area contributed by atoms with Gasteiger partial charge in [-0.1, -0.05) is 6.07 Å². The molecule has 0 radical (unpaired) electrons. The number of aromatic nitrogens is 1. The molecule has 0 unspecified atom stereocenters. The summed E-state index contributed by atoms with van der Waals surface area (Å²) in [5.74, 6) is -2.97. The molecule has 0 saturated carbocycles. The maximum absolute atomic E-state index is 13.2. The average Bonchev–Trinajstić information content (AvgIpc) is 2.68. The number of halogens is 2. The standard InChI is InChI=1S/C21H17F2N3O3/c1-13-2-9-20(28)26(11-13)12-19(27)24-15-5-3-14(4-6-15)21(29)25-16-7-8-17(22)18(23)10-16/h2-11H,12H2,1H3,(H,24,27)(H,25,29). The Bertz CT molecular complexity index is 1120. The van der Waals surface area contributed by atoms with Gasteiger partial charge in [0.2, 0.25) is 5.91 Å². The average molecular weight is 397 g/mol. The molecule has 0 bridgehead atoms. The van der Waals surface area contributed by atoms with E-state index in [9.17, 15) is 23.2 Å². The summed E-state index contributed by atoms with van der Waals surface area (Å²) in [4.78, 5) is 36.1. The Balaban J connectivity index is 1.62. The fourth-order valence-electron chi connectivity index (χ4n) is 2.61. The van der Waals surface area contributed by atoms with Gasteiger partial charge in [0, 0.05) is 35.3 Å². The highest BCUT2D eigenvalue weighted by Gasteiger charge is 2.10. The highest BCUT2D eigenvalue weighted by atomic mass is 19.2. The van der Waals surface area contributed by atoms with Crippen molar-refractivity contribution in [3.63, 3.8) is 0 Å². The molecule has 0 atom stereocenters.